The summed E-state index contributed by atoms with van der Waals surface area (Å²) in [6, 6.07) is 42.4. The summed E-state index contributed by atoms with van der Waals surface area (Å²) < 4.78 is 8.57. The average molecular weight is 512 g/mol. The van der Waals surface area contributed by atoms with E-state index >= 15 is 0 Å². The Hall–Kier alpha value is -5.48. The molecule has 4 nitrogen and oxygen atoms in total. The molecule has 0 aliphatic carbocycles. The van der Waals surface area contributed by atoms with Crippen molar-refractivity contribution in [2.45, 2.75) is 0 Å². The van der Waals surface area contributed by atoms with Crippen molar-refractivity contribution < 1.29 is 4.42 Å². The topological polar surface area (TPSA) is 43.9 Å². The normalized spacial score (nSPS) is 12.0. The first-order valence-electron chi connectivity index (χ1n) is 13.4. The Labute approximate surface area is 228 Å². The maximum absolute atomic E-state index is 6.38. The summed E-state index contributed by atoms with van der Waals surface area (Å²) in [6.07, 6.45) is 1.91. The largest absolute Gasteiger partial charge is 0.455 e. The Bertz CT molecular complexity index is 2450. The van der Waals surface area contributed by atoms with Crippen LogP contribution in [0.3, 0.4) is 0 Å². The van der Waals surface area contributed by atoms with Crippen LogP contribution < -0.4 is 0 Å². The van der Waals surface area contributed by atoms with E-state index in [0.29, 0.717) is 5.95 Å². The zero-order chi connectivity index (χ0) is 26.2. The molecule has 0 radical (unpaired) electrons. The van der Waals surface area contributed by atoms with Gasteiger partial charge < -0.3 is 4.42 Å². The van der Waals surface area contributed by atoms with Crippen molar-refractivity contribution in [2.75, 3.05) is 0 Å². The summed E-state index contributed by atoms with van der Waals surface area (Å²) in [5.74, 6) is 0.674. The van der Waals surface area contributed by atoms with E-state index < -0.39 is 0 Å². The molecule has 0 saturated heterocycles. The first-order chi connectivity index (χ1) is 19.8. The summed E-state index contributed by atoms with van der Waals surface area (Å²) in [6.45, 7) is 0. The molecule has 9 aromatic rings. The van der Waals surface area contributed by atoms with Gasteiger partial charge in [0.2, 0.25) is 5.95 Å². The number of nitrogens with zero attached hydrogens (tertiary/aromatic N) is 3. The fraction of sp³-hybridized carbons (Fsp3) is 0. The fourth-order valence-electron chi connectivity index (χ4n) is 6.21. The molecule has 40 heavy (non-hydrogen) atoms. The third-order valence-electron chi connectivity index (χ3n) is 8.05. The summed E-state index contributed by atoms with van der Waals surface area (Å²) >= 11 is 0. The Balaban J connectivity index is 1.35. The lowest BCUT2D eigenvalue weighted by Crippen LogP contribution is -2.00. The summed E-state index contributed by atoms with van der Waals surface area (Å²) in [5.41, 5.74) is 7.15. The van der Waals surface area contributed by atoms with Crippen molar-refractivity contribution >= 4 is 65.4 Å². The molecule has 4 heteroatoms. The minimum atomic E-state index is 0.674. The van der Waals surface area contributed by atoms with Crippen LogP contribution in [0.5, 0.6) is 0 Å². The van der Waals surface area contributed by atoms with Gasteiger partial charge in [0.15, 0.2) is 0 Å². The van der Waals surface area contributed by atoms with Gasteiger partial charge >= 0.3 is 0 Å². The van der Waals surface area contributed by atoms with Crippen molar-refractivity contribution in [3.05, 3.63) is 128 Å². The van der Waals surface area contributed by atoms with Gasteiger partial charge in [-0.15, -0.1) is 0 Å². The van der Waals surface area contributed by atoms with Crippen LogP contribution in [0.25, 0.3) is 82.5 Å². The second kappa shape index (κ2) is 8.01. The van der Waals surface area contributed by atoms with Crippen LogP contribution in [0.1, 0.15) is 0 Å². The summed E-state index contributed by atoms with van der Waals surface area (Å²) in [4.78, 5) is 9.75. The van der Waals surface area contributed by atoms with E-state index in [-0.39, 0.29) is 0 Å². The van der Waals surface area contributed by atoms with Crippen molar-refractivity contribution in [2.24, 2.45) is 0 Å². The average Bonchev–Trinajstić information content (AvgIpc) is 3.57. The Kier molecular flexibility index (Phi) is 4.30. The highest BCUT2D eigenvalue weighted by Gasteiger charge is 2.18. The van der Waals surface area contributed by atoms with Crippen LogP contribution in [-0.2, 0) is 0 Å². The molecule has 0 amide bonds. The highest BCUT2D eigenvalue weighted by molar-refractivity contribution is 6.22. The number of hydrogen-bond donors (Lipinski definition) is 0. The highest BCUT2D eigenvalue weighted by atomic mass is 16.3. The highest BCUT2D eigenvalue weighted by Crippen LogP contribution is 2.40. The van der Waals surface area contributed by atoms with E-state index in [2.05, 4.69) is 89.5 Å². The molecule has 6 aromatic carbocycles. The van der Waals surface area contributed by atoms with Gasteiger partial charge in [-0.1, -0.05) is 91.0 Å². The lowest BCUT2D eigenvalue weighted by molar-refractivity contribution is 0.670. The van der Waals surface area contributed by atoms with E-state index in [0.717, 1.165) is 55.0 Å². The number of rotatable bonds is 2. The lowest BCUT2D eigenvalue weighted by Gasteiger charge is -2.09. The van der Waals surface area contributed by atoms with Crippen LogP contribution in [0.4, 0.5) is 0 Å². The maximum atomic E-state index is 6.38. The third-order valence-corrected chi connectivity index (χ3v) is 8.05. The second-order valence-electron chi connectivity index (χ2n) is 10.3. The SMILES string of the molecule is c1ccc2nc(-n3c4ccccc4c4c5cc(-c6cccc7c6oc6ccccc67)ccc5ccc43)ncc2c1. The number of hydrogen-bond acceptors (Lipinski definition) is 3. The van der Waals surface area contributed by atoms with Crippen molar-refractivity contribution in [3.8, 4) is 17.1 Å². The van der Waals surface area contributed by atoms with Crippen LogP contribution in [0, 0.1) is 0 Å². The second-order valence-corrected chi connectivity index (χ2v) is 10.3. The predicted octanol–water partition coefficient (Wildman–Crippen LogP) is 9.45. The molecular formula is C36H21N3O. The molecular weight excluding hydrogens is 490 g/mol. The van der Waals surface area contributed by atoms with Crippen LogP contribution in [0.15, 0.2) is 132 Å². The van der Waals surface area contributed by atoms with Crippen molar-refractivity contribution in [1.29, 1.82) is 0 Å². The zero-order valence-electron chi connectivity index (χ0n) is 21.4. The molecule has 0 atom stereocenters. The lowest BCUT2D eigenvalue weighted by atomic mass is 9.97. The molecule has 3 aromatic heterocycles. The standard InChI is InChI=1S/C36H21N3O/c1-4-13-30-24(8-1)21-37-36(38-30)39-31-14-5-2-10-28(31)34-29-20-23(17-16-22(29)18-19-32(34)39)25-11-7-12-27-26-9-3-6-15-33(26)40-35(25)27/h1-21H. The van der Waals surface area contributed by atoms with Gasteiger partial charge in [-0.3, -0.25) is 4.57 Å². The summed E-state index contributed by atoms with van der Waals surface area (Å²) in [5, 5.41) is 8.07. The fourth-order valence-corrected chi connectivity index (χ4v) is 6.21. The van der Waals surface area contributed by atoms with E-state index in [1.807, 2.05) is 42.6 Å². The zero-order valence-corrected chi connectivity index (χ0v) is 21.4. The van der Waals surface area contributed by atoms with E-state index in [4.69, 9.17) is 14.4 Å². The van der Waals surface area contributed by atoms with Gasteiger partial charge in [0.1, 0.15) is 11.2 Å². The monoisotopic (exact) mass is 511 g/mol. The van der Waals surface area contributed by atoms with Crippen LogP contribution in [0.2, 0.25) is 0 Å². The van der Waals surface area contributed by atoms with E-state index in [1.165, 1.54) is 21.5 Å². The van der Waals surface area contributed by atoms with Gasteiger partial charge in [0.25, 0.3) is 0 Å². The first kappa shape index (κ1) is 21.5. The van der Waals surface area contributed by atoms with Crippen molar-refractivity contribution in [3.63, 3.8) is 0 Å². The first-order valence-corrected chi connectivity index (χ1v) is 13.4. The molecule has 0 aliphatic rings. The third kappa shape index (κ3) is 2.96. The van der Waals surface area contributed by atoms with Crippen LogP contribution in [-0.4, -0.2) is 14.5 Å². The minimum Gasteiger partial charge on any atom is -0.455 e. The molecule has 9 rings (SSSR count). The molecule has 0 saturated carbocycles. The van der Waals surface area contributed by atoms with Gasteiger partial charge in [0.05, 0.1) is 16.6 Å². The van der Waals surface area contributed by atoms with Gasteiger partial charge in [-0.2, -0.15) is 0 Å². The number of benzene rings is 6. The maximum Gasteiger partial charge on any atom is 0.235 e. The van der Waals surface area contributed by atoms with Gasteiger partial charge in [-0.05, 0) is 46.7 Å². The summed E-state index contributed by atoms with van der Waals surface area (Å²) in [7, 11) is 0. The number of fused-ring (bicyclic) bond motifs is 9. The molecule has 0 unspecified atom stereocenters. The van der Waals surface area contributed by atoms with Gasteiger partial charge in [-0.25, -0.2) is 9.97 Å². The molecule has 0 fully saturated rings. The quantitative estimate of drug-likeness (QED) is 0.232. The Morgan fingerprint density at radius 1 is 0.575 bits per heavy atom. The Morgan fingerprint density at radius 2 is 1.38 bits per heavy atom. The molecule has 0 aliphatic heterocycles. The molecule has 3 heterocycles. The molecule has 186 valence electrons. The Morgan fingerprint density at radius 3 is 2.35 bits per heavy atom. The van der Waals surface area contributed by atoms with Gasteiger partial charge in [0, 0.05) is 38.7 Å². The number of furan rings is 1. The minimum absolute atomic E-state index is 0.674. The van der Waals surface area contributed by atoms with E-state index in [1.54, 1.807) is 0 Å². The smallest absolute Gasteiger partial charge is 0.235 e. The van der Waals surface area contributed by atoms with Crippen LogP contribution >= 0.6 is 0 Å². The van der Waals surface area contributed by atoms with E-state index in [9.17, 15) is 0 Å². The molecule has 0 N–H and O–H groups in total. The molecule has 0 spiro atoms. The number of aromatic nitrogens is 3. The molecule has 0 bridgehead atoms. The number of para-hydroxylation sites is 4. The van der Waals surface area contributed by atoms with Crippen molar-refractivity contribution in [1.82, 2.24) is 14.5 Å². The predicted molar refractivity (Wildman–Crippen MR) is 164 cm³/mol.